The van der Waals surface area contributed by atoms with Gasteiger partial charge in [-0.2, -0.15) is 9.49 Å². The number of pyridine rings is 1. The highest BCUT2D eigenvalue weighted by molar-refractivity contribution is 6.76. The molecule has 12 heteroatoms. The molecule has 0 radical (unpaired) electrons. The summed E-state index contributed by atoms with van der Waals surface area (Å²) < 4.78 is 28.4. The highest BCUT2D eigenvalue weighted by Crippen LogP contribution is 2.51. The lowest BCUT2D eigenvalue weighted by Crippen LogP contribution is -2.50. The first-order valence-electron chi connectivity index (χ1n) is 15.9. The van der Waals surface area contributed by atoms with Crippen LogP contribution in [0.1, 0.15) is 67.0 Å². The van der Waals surface area contributed by atoms with Crippen molar-refractivity contribution in [1.29, 1.82) is 0 Å². The number of carbonyl (C=O) groups is 2. The van der Waals surface area contributed by atoms with Crippen LogP contribution in [0.4, 0.5) is 10.2 Å². The van der Waals surface area contributed by atoms with Gasteiger partial charge in [-0.25, -0.2) is 9.67 Å². The second kappa shape index (κ2) is 13.3. The maximum atomic E-state index is 15.6. The van der Waals surface area contributed by atoms with Crippen molar-refractivity contribution in [3.05, 3.63) is 47.0 Å². The lowest BCUT2D eigenvalue weighted by Gasteiger charge is -2.27. The number of aromatic nitrogens is 4. The molecule has 3 aromatic heterocycles. The van der Waals surface area contributed by atoms with Gasteiger partial charge in [0.2, 0.25) is 11.9 Å². The molecule has 1 atom stereocenters. The summed E-state index contributed by atoms with van der Waals surface area (Å²) in [6.07, 6.45) is 6.62. The normalized spacial score (nSPS) is 15.9. The van der Waals surface area contributed by atoms with E-state index in [1.165, 1.54) is 6.26 Å². The van der Waals surface area contributed by atoms with Gasteiger partial charge in [0.05, 0.1) is 11.4 Å². The SMILES string of the molecule is CCc1nocc1C(=O)NC(C(=O)Nc1ccc(-c2c(C)nn(COCC[Si](C)(C)C)c2CC)c(F)n1)C(C1CC1)C1CC1. The quantitative estimate of drug-likeness (QED) is 0.121. The van der Waals surface area contributed by atoms with Gasteiger partial charge in [-0.1, -0.05) is 38.6 Å². The number of amides is 2. The Balaban J connectivity index is 1.33. The van der Waals surface area contributed by atoms with E-state index in [1.807, 2.05) is 20.8 Å². The van der Waals surface area contributed by atoms with Gasteiger partial charge in [-0.15, -0.1) is 0 Å². The Morgan fingerprint density at radius 3 is 2.43 bits per heavy atom. The molecule has 2 aliphatic rings. The second-order valence-electron chi connectivity index (χ2n) is 13.4. The average molecular weight is 625 g/mol. The summed E-state index contributed by atoms with van der Waals surface area (Å²) in [4.78, 5) is 31.1. The molecule has 0 spiro atoms. The number of hydrogen-bond donors (Lipinski definition) is 2. The Morgan fingerprint density at radius 1 is 1.14 bits per heavy atom. The number of rotatable bonds is 15. The number of carbonyl (C=O) groups excluding carboxylic acids is 2. The number of halogens is 1. The smallest absolute Gasteiger partial charge is 0.257 e. The molecule has 10 nitrogen and oxygen atoms in total. The van der Waals surface area contributed by atoms with E-state index in [-0.39, 0.29) is 11.7 Å². The van der Waals surface area contributed by atoms with Crippen molar-refractivity contribution >= 4 is 25.7 Å². The summed E-state index contributed by atoms with van der Waals surface area (Å²) in [5.74, 6) is -0.619. The lowest BCUT2D eigenvalue weighted by atomic mass is 9.88. The minimum Gasteiger partial charge on any atom is -0.364 e. The highest BCUT2D eigenvalue weighted by atomic mass is 28.3. The standard InChI is InChI=1S/C32H45FN6O4Si/c1-7-24-23(17-43-38-24)31(40)36-29(28(20-9-10-20)21-11-12-21)32(41)35-26-14-13-22(30(33)34-26)27-19(3)37-39(25(27)8-2)18-42-15-16-44(4,5)6/h13-14,17,20-21,28-29H,7-12,15-16,18H2,1-6H3,(H,36,40)(H,34,35,41). The summed E-state index contributed by atoms with van der Waals surface area (Å²) in [5.41, 5.74) is 3.44. The van der Waals surface area contributed by atoms with Gasteiger partial charge in [0.25, 0.3) is 5.91 Å². The number of hydrogen-bond acceptors (Lipinski definition) is 7. The number of anilines is 1. The molecule has 3 aromatic rings. The topological polar surface area (TPSA) is 124 Å². The molecule has 44 heavy (non-hydrogen) atoms. The van der Waals surface area contributed by atoms with Crippen LogP contribution in [-0.4, -0.2) is 52.5 Å². The number of aryl methyl sites for hydroxylation is 2. The van der Waals surface area contributed by atoms with Gasteiger partial charge >= 0.3 is 0 Å². The average Bonchev–Trinajstić information content (AvgIpc) is 3.91. The first kappa shape index (κ1) is 32.0. The van der Waals surface area contributed by atoms with E-state index in [1.54, 1.807) is 16.8 Å². The van der Waals surface area contributed by atoms with Crippen molar-refractivity contribution in [2.24, 2.45) is 17.8 Å². The van der Waals surface area contributed by atoms with E-state index in [0.717, 1.165) is 37.4 Å². The van der Waals surface area contributed by atoms with E-state index >= 15 is 4.39 Å². The van der Waals surface area contributed by atoms with Gasteiger partial charge in [0.15, 0.2) is 0 Å². The van der Waals surface area contributed by atoms with Crippen molar-refractivity contribution in [3.8, 4) is 11.1 Å². The van der Waals surface area contributed by atoms with E-state index in [2.05, 4.69) is 45.5 Å². The largest absolute Gasteiger partial charge is 0.364 e. The Hall–Kier alpha value is -3.38. The molecular formula is C32H45FN6O4Si. The fourth-order valence-electron chi connectivity index (χ4n) is 6.02. The third-order valence-corrected chi connectivity index (χ3v) is 10.4. The number of ether oxygens (including phenoxy) is 1. The van der Waals surface area contributed by atoms with Crippen LogP contribution in [0.25, 0.3) is 11.1 Å². The Kier molecular flexibility index (Phi) is 9.69. The molecule has 2 amide bonds. The zero-order valence-corrected chi connectivity index (χ0v) is 27.7. The van der Waals surface area contributed by atoms with Crippen LogP contribution in [0.2, 0.25) is 25.7 Å². The molecule has 238 valence electrons. The molecule has 0 saturated heterocycles. The van der Waals surface area contributed by atoms with Gasteiger partial charge in [-0.3, -0.25) is 9.59 Å². The molecule has 2 fully saturated rings. The summed E-state index contributed by atoms with van der Waals surface area (Å²) in [5, 5.41) is 14.3. The monoisotopic (exact) mass is 624 g/mol. The highest BCUT2D eigenvalue weighted by Gasteiger charge is 2.48. The number of nitrogens with one attached hydrogen (secondary N) is 2. The molecule has 2 N–H and O–H groups in total. The zero-order chi connectivity index (χ0) is 31.6. The van der Waals surface area contributed by atoms with Crippen LogP contribution in [0, 0.1) is 30.6 Å². The zero-order valence-electron chi connectivity index (χ0n) is 26.7. The second-order valence-corrected chi connectivity index (χ2v) is 19.0. The Labute approximate surface area is 259 Å². The van der Waals surface area contributed by atoms with Gasteiger partial charge in [0.1, 0.15) is 30.4 Å². The molecule has 5 rings (SSSR count). The predicted molar refractivity (Wildman–Crippen MR) is 168 cm³/mol. The van der Waals surface area contributed by atoms with Crippen molar-refractivity contribution in [2.45, 2.75) is 97.8 Å². The third-order valence-electron chi connectivity index (χ3n) is 8.66. The molecule has 2 saturated carbocycles. The summed E-state index contributed by atoms with van der Waals surface area (Å²) in [6.45, 7) is 13.6. The van der Waals surface area contributed by atoms with Crippen LogP contribution < -0.4 is 10.6 Å². The van der Waals surface area contributed by atoms with Gasteiger partial charge in [-0.05, 0) is 81.4 Å². The van der Waals surface area contributed by atoms with Crippen LogP contribution in [0.5, 0.6) is 0 Å². The molecule has 3 heterocycles. The minimum absolute atomic E-state index is 0.0153. The third kappa shape index (κ3) is 7.45. The Bertz CT molecular complexity index is 1480. The summed E-state index contributed by atoms with van der Waals surface area (Å²) in [6, 6.07) is 3.52. The lowest BCUT2D eigenvalue weighted by molar-refractivity contribution is -0.119. The minimum atomic E-state index is -1.21. The van der Waals surface area contributed by atoms with Crippen molar-refractivity contribution in [2.75, 3.05) is 11.9 Å². The number of nitrogens with zero attached hydrogens (tertiary/aromatic N) is 4. The fraction of sp³-hybridized carbons (Fsp3) is 0.594. The van der Waals surface area contributed by atoms with E-state index in [4.69, 9.17) is 9.26 Å². The summed E-state index contributed by atoms with van der Waals surface area (Å²) in [7, 11) is -1.21. The van der Waals surface area contributed by atoms with Crippen LogP contribution in [-0.2, 0) is 29.1 Å². The first-order valence-corrected chi connectivity index (χ1v) is 19.6. The van der Waals surface area contributed by atoms with Gasteiger partial charge in [0, 0.05) is 31.5 Å². The maximum absolute atomic E-state index is 15.6. The van der Waals surface area contributed by atoms with E-state index < -0.39 is 31.9 Å². The molecule has 0 aromatic carbocycles. The van der Waals surface area contributed by atoms with Crippen LogP contribution >= 0.6 is 0 Å². The predicted octanol–water partition coefficient (Wildman–Crippen LogP) is 5.99. The molecule has 1 unspecified atom stereocenters. The molecule has 2 aliphatic carbocycles. The van der Waals surface area contributed by atoms with E-state index in [9.17, 15) is 9.59 Å². The van der Waals surface area contributed by atoms with Gasteiger partial charge < -0.3 is 19.9 Å². The van der Waals surface area contributed by atoms with E-state index in [0.29, 0.717) is 66.1 Å². The van der Waals surface area contributed by atoms with Crippen LogP contribution in [0.3, 0.4) is 0 Å². The Morgan fingerprint density at radius 2 is 1.84 bits per heavy atom. The molecular weight excluding hydrogens is 579 g/mol. The van der Waals surface area contributed by atoms with Crippen molar-refractivity contribution in [3.63, 3.8) is 0 Å². The summed E-state index contributed by atoms with van der Waals surface area (Å²) >= 11 is 0. The molecule has 0 aliphatic heterocycles. The first-order chi connectivity index (χ1) is 21.0. The maximum Gasteiger partial charge on any atom is 0.257 e. The van der Waals surface area contributed by atoms with Crippen molar-refractivity contribution in [1.82, 2.24) is 25.2 Å². The van der Waals surface area contributed by atoms with Crippen LogP contribution in [0.15, 0.2) is 22.9 Å². The van der Waals surface area contributed by atoms with Crippen molar-refractivity contribution < 1.29 is 23.2 Å². The molecule has 0 bridgehead atoms. The fourth-order valence-corrected chi connectivity index (χ4v) is 6.77.